The number of likely N-dealkylation sites (N-methyl/N-ethyl adjacent to an activating group) is 1. The number of thioether (sulfide) groups is 1. The number of carboxylic acid groups (broad SMARTS) is 1. The molecule has 1 fully saturated rings. The summed E-state index contributed by atoms with van der Waals surface area (Å²) in [6.07, 6.45) is 2.20. The fourth-order valence-corrected chi connectivity index (χ4v) is 12.5. The maximum absolute atomic E-state index is 14.5. The van der Waals surface area contributed by atoms with E-state index in [-0.39, 0.29) is 154 Å². The number of imide groups is 1. The van der Waals surface area contributed by atoms with Crippen molar-refractivity contribution in [2.24, 2.45) is 29.6 Å². The molecule has 3 rings (SSSR count). The van der Waals surface area contributed by atoms with Crippen molar-refractivity contribution in [2.45, 2.75) is 174 Å². The minimum Gasteiger partial charge on any atom is -0.506 e. The molecule has 1 saturated heterocycles. The third kappa shape index (κ3) is 33.2. The number of carbonyl (C=O) groups excluding carboxylic acids is 10. The third-order valence-electron chi connectivity index (χ3n) is 18.2. The van der Waals surface area contributed by atoms with Crippen molar-refractivity contribution < 1.29 is 101 Å². The van der Waals surface area contributed by atoms with Crippen LogP contribution < -0.4 is 21.3 Å². The summed E-state index contributed by atoms with van der Waals surface area (Å²) in [6, 6.07) is 1.92. The molecule has 2 aromatic rings. The van der Waals surface area contributed by atoms with Gasteiger partial charge in [0, 0.05) is 95.6 Å². The SMILES string of the molecule is CC[C@H](C)[C@H](CC(=O)C(C)(C)N(C)C)C(=O)N(C)[C@H](C[C@@H](OC(C)=O)c1nc(C(=O)N[C@@H](Cc2ccc(O)c(NC(=O)[C@H](C)CC(=O)[C@H](CCCCNC(=O)COCCOCCOCCOCCOCCOCCOC)NC(=O)CCCN3C(=O)CC(SC)C3=O)c2)CC(C)C(=O)O)cs1)C(C)C. The largest absolute Gasteiger partial charge is 0.506 e. The lowest BCUT2D eigenvalue weighted by Gasteiger charge is -2.38. The first-order valence-electron chi connectivity index (χ1n) is 35.5. The van der Waals surface area contributed by atoms with Gasteiger partial charge in [-0.05, 0) is 102 Å². The molecule has 103 heavy (non-hydrogen) atoms. The zero-order chi connectivity index (χ0) is 76.8. The number of methoxy groups -OCH3 is 1. The van der Waals surface area contributed by atoms with Crippen molar-refractivity contribution in [3.63, 3.8) is 0 Å². The zero-order valence-electron chi connectivity index (χ0n) is 62.9. The second-order valence-electron chi connectivity index (χ2n) is 27.0. The number of hydrogen-bond acceptors (Lipinski definition) is 24. The maximum atomic E-state index is 14.5. The highest BCUT2D eigenvalue weighted by Crippen LogP contribution is 2.34. The number of phenolic OH excluding ortho intramolecular Hbond substituents is 1. The fraction of sp³-hybridized carbons (Fsp3) is 0.722. The van der Waals surface area contributed by atoms with Gasteiger partial charge in [0.15, 0.2) is 17.7 Å². The second kappa shape index (κ2) is 48.5. The van der Waals surface area contributed by atoms with Gasteiger partial charge >= 0.3 is 11.9 Å². The average Bonchev–Trinajstić information content (AvgIpc) is 1.57. The van der Waals surface area contributed by atoms with Crippen LogP contribution >= 0.6 is 23.1 Å². The van der Waals surface area contributed by atoms with Gasteiger partial charge < -0.3 is 74.3 Å². The summed E-state index contributed by atoms with van der Waals surface area (Å²) < 4.78 is 43.4. The number of ether oxygens (including phenoxy) is 8. The highest BCUT2D eigenvalue weighted by molar-refractivity contribution is 8.00. The zero-order valence-corrected chi connectivity index (χ0v) is 64.6. The number of ketones is 2. The third-order valence-corrected chi connectivity index (χ3v) is 20.1. The molecule has 0 saturated carbocycles. The van der Waals surface area contributed by atoms with Gasteiger partial charge in [-0.25, -0.2) is 4.98 Å². The number of carbonyl (C=O) groups is 11. The Kier molecular flexibility index (Phi) is 42.7. The molecule has 6 N–H and O–H groups in total. The molecule has 31 heteroatoms. The van der Waals surface area contributed by atoms with Crippen molar-refractivity contribution in [3.8, 4) is 5.75 Å². The minimum atomic E-state index is -1.12. The van der Waals surface area contributed by atoms with Crippen LogP contribution in [0.1, 0.15) is 160 Å². The number of hydrogen-bond donors (Lipinski definition) is 6. The number of aliphatic carboxylic acids is 1. The number of esters is 1. The highest BCUT2D eigenvalue weighted by atomic mass is 32.2. The number of carboxylic acids is 1. The Bertz CT molecular complexity index is 3010. The number of unbranched alkanes of at least 4 members (excludes halogenated alkanes) is 1. The summed E-state index contributed by atoms with van der Waals surface area (Å²) in [5.74, 6) is -8.54. The number of nitrogens with one attached hydrogen (secondary N) is 4. The standard InChI is InChI=1S/C72H116N8O21S2/c1-15-47(4)53(41-62(84)72(8,9)78(10)11)69(90)79(12)57(46(2)3)42-60(101-50(7)81)68-77-56(45-103-68)67(89)74-52(37-49(6)71(92)93)39-51-21-22-58(82)55(40-51)76-66(88)48(5)38-59(83)54(75-63(85)20-18-24-80-65(87)43-61(102-14)70(80)91)19-16-17-23-73-64(86)44-100-36-35-99-34-33-98-32-31-97-30-29-96-28-27-95-26-25-94-13/h21-22,40,45-49,52-54,57,60-61,82H,15-20,23-39,41-44H2,1-14H3,(H,73,86)(H,74,89)(H,75,85)(H,76,88)(H,92,93)/t47-,48+,49?,52+,53-,54-,57+,60+,61?/m0/s1. The van der Waals surface area contributed by atoms with Crippen molar-refractivity contribution >= 4 is 93.6 Å². The van der Waals surface area contributed by atoms with E-state index in [0.29, 0.717) is 90.9 Å². The van der Waals surface area contributed by atoms with Crippen LogP contribution in [0.4, 0.5) is 5.69 Å². The monoisotopic (exact) mass is 1490 g/mol. The normalized spacial score (nSPS) is 15.6. The number of aromatic hydroxyl groups is 1. The van der Waals surface area contributed by atoms with Crippen LogP contribution in [0.5, 0.6) is 5.75 Å². The number of rotatable bonds is 56. The second-order valence-corrected chi connectivity index (χ2v) is 28.9. The Morgan fingerprint density at radius 1 is 0.786 bits per heavy atom. The van der Waals surface area contributed by atoms with E-state index in [1.54, 1.807) is 31.4 Å². The van der Waals surface area contributed by atoms with Crippen LogP contribution in [-0.2, 0) is 92.3 Å². The molecule has 7 amide bonds. The summed E-state index contributed by atoms with van der Waals surface area (Å²) in [5.41, 5.74) is -0.427. The van der Waals surface area contributed by atoms with Crippen LogP contribution in [0.3, 0.4) is 0 Å². The molecule has 0 radical (unpaired) electrons. The van der Waals surface area contributed by atoms with E-state index in [4.69, 9.17) is 37.9 Å². The Labute approximate surface area is 615 Å². The number of phenols is 1. The Morgan fingerprint density at radius 3 is 1.93 bits per heavy atom. The maximum Gasteiger partial charge on any atom is 0.306 e. The van der Waals surface area contributed by atoms with E-state index in [2.05, 4.69) is 26.3 Å². The summed E-state index contributed by atoms with van der Waals surface area (Å²) in [4.78, 5) is 156. The predicted molar refractivity (Wildman–Crippen MR) is 388 cm³/mol. The molecule has 0 bridgehead atoms. The quantitative estimate of drug-likeness (QED) is 0.0190. The van der Waals surface area contributed by atoms with Gasteiger partial charge in [0.2, 0.25) is 35.4 Å². The average molecular weight is 1490 g/mol. The topological polar surface area (TPSA) is 373 Å². The van der Waals surface area contributed by atoms with Crippen molar-refractivity contribution in [2.75, 3.05) is 139 Å². The number of Topliss-reactive ketones (excluding diaryl/α,β-unsaturated/α-hetero) is 2. The summed E-state index contributed by atoms with van der Waals surface area (Å²) >= 11 is 2.35. The lowest BCUT2D eigenvalue weighted by molar-refractivity contribution is -0.150. The lowest BCUT2D eigenvalue weighted by atomic mass is 9.81. The van der Waals surface area contributed by atoms with Crippen molar-refractivity contribution in [3.05, 3.63) is 39.8 Å². The van der Waals surface area contributed by atoms with Gasteiger partial charge in [0.05, 0.1) is 108 Å². The Morgan fingerprint density at radius 2 is 1.39 bits per heavy atom. The number of thiazole rings is 1. The molecule has 1 aromatic heterocycles. The van der Waals surface area contributed by atoms with E-state index in [1.807, 2.05) is 60.5 Å². The van der Waals surface area contributed by atoms with Gasteiger partial charge in [-0.1, -0.05) is 54.0 Å². The van der Waals surface area contributed by atoms with E-state index in [1.165, 1.54) is 50.0 Å². The number of aromatic nitrogens is 1. The number of benzene rings is 1. The highest BCUT2D eigenvalue weighted by Gasteiger charge is 2.40. The first kappa shape index (κ1) is 90.7. The molecular formula is C72H116N8O21S2. The summed E-state index contributed by atoms with van der Waals surface area (Å²) in [7, 11) is 6.93. The van der Waals surface area contributed by atoms with Crippen LogP contribution in [0.25, 0.3) is 0 Å². The first-order chi connectivity index (χ1) is 48.9. The fourth-order valence-electron chi connectivity index (χ4n) is 11.1. The minimum absolute atomic E-state index is 0.0128. The predicted octanol–water partition coefficient (Wildman–Crippen LogP) is 6.06. The number of amides is 7. The Balaban J connectivity index is 1.66. The van der Waals surface area contributed by atoms with Crippen molar-refractivity contribution in [1.29, 1.82) is 0 Å². The molecule has 1 aliphatic rings. The molecule has 1 aliphatic heterocycles. The molecule has 2 heterocycles. The van der Waals surface area contributed by atoms with Crippen molar-refractivity contribution in [1.82, 2.24) is 35.6 Å². The molecule has 1 aromatic carbocycles. The number of likely N-dealkylation sites (tertiary alicyclic amines) is 1. The first-order valence-corrected chi connectivity index (χ1v) is 37.7. The van der Waals surface area contributed by atoms with Gasteiger partial charge in [0.1, 0.15) is 23.1 Å². The summed E-state index contributed by atoms with van der Waals surface area (Å²) in [5, 5.41) is 33.4. The van der Waals surface area contributed by atoms with Crippen LogP contribution in [0, 0.1) is 29.6 Å². The van der Waals surface area contributed by atoms with Gasteiger partial charge in [-0.15, -0.1) is 11.3 Å². The molecule has 9 atom stereocenters. The van der Waals surface area contributed by atoms with Crippen LogP contribution in [0.15, 0.2) is 23.6 Å². The van der Waals surface area contributed by atoms with Gasteiger partial charge in [-0.3, -0.25) is 62.5 Å². The van der Waals surface area contributed by atoms with E-state index >= 15 is 0 Å². The molecular weight excluding hydrogens is 1380 g/mol. The summed E-state index contributed by atoms with van der Waals surface area (Å²) in [6.45, 7) is 20.5. The van der Waals surface area contributed by atoms with Crippen LogP contribution in [0.2, 0.25) is 0 Å². The molecule has 0 aliphatic carbocycles. The smallest absolute Gasteiger partial charge is 0.306 e. The van der Waals surface area contributed by atoms with E-state index in [9.17, 15) is 63.0 Å². The van der Waals surface area contributed by atoms with E-state index in [0.717, 1.165) is 16.2 Å². The molecule has 582 valence electrons. The van der Waals surface area contributed by atoms with Crippen LogP contribution in [-0.4, -0.2) is 257 Å². The molecule has 29 nitrogen and oxygen atoms in total. The Hall–Kier alpha value is -6.55. The van der Waals surface area contributed by atoms with E-state index < -0.39 is 88.2 Å². The lowest BCUT2D eigenvalue weighted by Crippen LogP contribution is -2.50. The number of nitrogens with zero attached hydrogens (tertiary/aromatic N) is 4. The van der Waals surface area contributed by atoms with Gasteiger partial charge in [0.25, 0.3) is 5.91 Å². The molecule has 2 unspecified atom stereocenters. The molecule has 0 spiro atoms. The van der Waals surface area contributed by atoms with Gasteiger partial charge in [-0.2, -0.15) is 11.8 Å². The number of anilines is 1.